The van der Waals surface area contributed by atoms with Crippen molar-refractivity contribution in [3.63, 3.8) is 0 Å². The first-order chi connectivity index (χ1) is 10.5. The van der Waals surface area contributed by atoms with E-state index >= 15 is 0 Å². The van der Waals surface area contributed by atoms with Crippen molar-refractivity contribution in [2.45, 2.75) is 39.5 Å². The second-order valence-corrected chi connectivity index (χ2v) is 6.67. The minimum atomic E-state index is 0.199. The lowest BCUT2D eigenvalue weighted by atomic mass is 9.99. The molecule has 0 atom stereocenters. The molecule has 0 saturated carbocycles. The molecule has 22 heavy (non-hydrogen) atoms. The lowest BCUT2D eigenvalue weighted by Crippen LogP contribution is -2.13. The van der Waals surface area contributed by atoms with E-state index in [1.165, 1.54) is 10.8 Å². The van der Waals surface area contributed by atoms with Crippen LogP contribution in [0.1, 0.15) is 50.7 Å². The first-order valence-corrected chi connectivity index (χ1v) is 7.98. The summed E-state index contributed by atoms with van der Waals surface area (Å²) in [5, 5.41) is 4.72. The molecule has 112 valence electrons. The average molecular weight is 290 g/mol. The van der Waals surface area contributed by atoms with E-state index in [0.29, 0.717) is 0 Å². The fraction of sp³-hybridized carbons (Fsp3) is 0.286. The fourth-order valence-electron chi connectivity index (χ4n) is 3.02. The lowest BCUT2D eigenvalue weighted by molar-refractivity contribution is 0.825. The number of hydrogen-bond donors (Lipinski definition) is 0. The van der Waals surface area contributed by atoms with Gasteiger partial charge in [-0.25, -0.2) is 0 Å². The Hall–Kier alpha value is -2.15. The Labute approximate surface area is 131 Å². The van der Waals surface area contributed by atoms with E-state index in [9.17, 15) is 4.79 Å². The van der Waals surface area contributed by atoms with Crippen LogP contribution in [0.4, 0.5) is 0 Å². The van der Waals surface area contributed by atoms with E-state index in [1.807, 2.05) is 0 Å². The summed E-state index contributed by atoms with van der Waals surface area (Å²) in [4.78, 5) is 12.9. The Bertz CT molecular complexity index is 832. The third-order valence-electron chi connectivity index (χ3n) is 4.34. The summed E-state index contributed by atoms with van der Waals surface area (Å²) in [7, 11) is 0. The minimum absolute atomic E-state index is 0.199. The van der Waals surface area contributed by atoms with Crippen LogP contribution in [0.3, 0.4) is 0 Å². The maximum atomic E-state index is 12.9. The molecule has 0 amide bonds. The van der Waals surface area contributed by atoms with Gasteiger partial charge in [0.25, 0.3) is 0 Å². The molecule has 0 aliphatic heterocycles. The summed E-state index contributed by atoms with van der Waals surface area (Å²) in [6.45, 7) is 8.36. The monoisotopic (exact) mass is 290 g/mol. The van der Waals surface area contributed by atoms with Gasteiger partial charge in [-0.15, -0.1) is 0 Å². The Kier molecular flexibility index (Phi) is 3.74. The van der Waals surface area contributed by atoms with Crippen LogP contribution >= 0.6 is 0 Å². The molecule has 3 aromatic rings. The molecule has 0 unspecified atom stereocenters. The van der Waals surface area contributed by atoms with Crippen LogP contribution in [0, 0.1) is 0 Å². The molecule has 0 fully saturated rings. The van der Waals surface area contributed by atoms with Crippen LogP contribution in [-0.4, -0.2) is 0 Å². The molecule has 1 heteroatoms. The van der Waals surface area contributed by atoms with Crippen molar-refractivity contribution >= 4 is 21.5 Å². The molecule has 0 radical (unpaired) electrons. The highest BCUT2D eigenvalue weighted by Crippen LogP contribution is 2.26. The number of fused-ring (bicyclic) bond motifs is 2. The summed E-state index contributed by atoms with van der Waals surface area (Å²) in [6, 6.07) is 16.9. The predicted octanol–water partition coefficient (Wildman–Crippen LogP) is 5.60. The van der Waals surface area contributed by atoms with Gasteiger partial charge in [-0.3, -0.25) is 4.79 Å². The first kappa shape index (κ1) is 14.8. The van der Waals surface area contributed by atoms with Crippen molar-refractivity contribution < 1.29 is 0 Å². The fourth-order valence-corrected chi connectivity index (χ4v) is 3.02. The van der Waals surface area contributed by atoms with Gasteiger partial charge in [-0.1, -0.05) is 52.0 Å². The van der Waals surface area contributed by atoms with Crippen LogP contribution in [0.5, 0.6) is 0 Å². The van der Waals surface area contributed by atoms with Gasteiger partial charge >= 0.3 is 0 Å². The predicted molar refractivity (Wildman–Crippen MR) is 95.9 cm³/mol. The van der Waals surface area contributed by atoms with E-state index in [4.69, 9.17) is 0 Å². The summed E-state index contributed by atoms with van der Waals surface area (Å²) in [6.07, 6.45) is 0. The van der Waals surface area contributed by atoms with Gasteiger partial charge in [-0.05, 0) is 57.6 Å². The van der Waals surface area contributed by atoms with Gasteiger partial charge < -0.3 is 0 Å². The molecule has 0 heterocycles. The van der Waals surface area contributed by atoms with Crippen LogP contribution < -0.4 is 5.43 Å². The zero-order chi connectivity index (χ0) is 15.9. The van der Waals surface area contributed by atoms with E-state index in [-0.39, 0.29) is 17.3 Å². The molecule has 1 nitrogen and oxygen atoms in total. The summed E-state index contributed by atoms with van der Waals surface area (Å²) in [5.41, 5.74) is 2.02. The highest BCUT2D eigenvalue weighted by Gasteiger charge is 2.12. The van der Waals surface area contributed by atoms with Crippen molar-refractivity contribution in [2.75, 3.05) is 0 Å². The standard InChI is InChI=1S/C21H22O/c1-13(2)19-11-17-9-15-7-5-6-8-16(15)10-18(17)12-20(14(3)4)21(19)22/h5-14H,1-4H3. The van der Waals surface area contributed by atoms with Gasteiger partial charge in [0.15, 0.2) is 5.43 Å². The molecule has 0 bridgehead atoms. The molecule has 0 aliphatic carbocycles. The lowest BCUT2D eigenvalue weighted by Gasteiger charge is -2.04. The third kappa shape index (κ3) is 2.52. The smallest absolute Gasteiger partial charge is 0.185 e. The Morgan fingerprint density at radius 2 is 1.05 bits per heavy atom. The maximum absolute atomic E-state index is 12.9. The summed E-state index contributed by atoms with van der Waals surface area (Å²) >= 11 is 0. The Morgan fingerprint density at radius 1 is 0.636 bits per heavy atom. The molecule has 0 aromatic heterocycles. The quantitative estimate of drug-likeness (QED) is 0.600. The molecular weight excluding hydrogens is 268 g/mol. The van der Waals surface area contributed by atoms with Crippen LogP contribution in [0.2, 0.25) is 0 Å². The maximum Gasteiger partial charge on any atom is 0.185 e. The van der Waals surface area contributed by atoms with E-state index in [1.54, 1.807) is 0 Å². The van der Waals surface area contributed by atoms with Crippen LogP contribution in [0.25, 0.3) is 21.5 Å². The second kappa shape index (κ2) is 5.57. The van der Waals surface area contributed by atoms with Crippen molar-refractivity contribution in [3.8, 4) is 0 Å². The molecule has 0 spiro atoms. The molecule has 0 aliphatic rings. The first-order valence-electron chi connectivity index (χ1n) is 7.98. The van der Waals surface area contributed by atoms with Crippen molar-refractivity contribution in [2.24, 2.45) is 0 Å². The molecule has 0 N–H and O–H groups in total. The van der Waals surface area contributed by atoms with Gasteiger partial charge in [0.05, 0.1) is 0 Å². The zero-order valence-corrected chi connectivity index (χ0v) is 13.7. The van der Waals surface area contributed by atoms with E-state index in [2.05, 4.69) is 76.2 Å². The second-order valence-electron chi connectivity index (χ2n) is 6.67. The van der Waals surface area contributed by atoms with Gasteiger partial charge in [0.2, 0.25) is 0 Å². The van der Waals surface area contributed by atoms with Gasteiger partial charge in [-0.2, -0.15) is 0 Å². The van der Waals surface area contributed by atoms with Gasteiger partial charge in [0, 0.05) is 11.1 Å². The highest BCUT2D eigenvalue weighted by atomic mass is 16.1. The third-order valence-corrected chi connectivity index (χ3v) is 4.34. The number of rotatable bonds is 2. The summed E-state index contributed by atoms with van der Waals surface area (Å²) < 4.78 is 0. The van der Waals surface area contributed by atoms with E-state index < -0.39 is 0 Å². The Balaban J connectivity index is 2.50. The molecular formula is C21H22O. The number of benzene rings is 2. The Morgan fingerprint density at radius 3 is 1.41 bits per heavy atom. The van der Waals surface area contributed by atoms with Crippen LogP contribution in [0.15, 0.2) is 53.3 Å². The van der Waals surface area contributed by atoms with E-state index in [0.717, 1.165) is 21.9 Å². The zero-order valence-electron chi connectivity index (χ0n) is 13.7. The van der Waals surface area contributed by atoms with Crippen LogP contribution in [-0.2, 0) is 0 Å². The van der Waals surface area contributed by atoms with Crippen molar-refractivity contribution in [1.82, 2.24) is 0 Å². The largest absolute Gasteiger partial charge is 0.289 e. The SMILES string of the molecule is CC(C)c1cc2cc3ccccc3cc2cc(C(C)C)c1=O. The molecule has 3 rings (SSSR count). The summed E-state index contributed by atoms with van der Waals surface area (Å²) in [5.74, 6) is 0.458. The number of hydrogen-bond acceptors (Lipinski definition) is 1. The average Bonchev–Trinajstić information content (AvgIpc) is 2.62. The van der Waals surface area contributed by atoms with Crippen molar-refractivity contribution in [3.05, 3.63) is 69.9 Å². The molecule has 3 aromatic carbocycles. The normalized spacial score (nSPS) is 11.7. The van der Waals surface area contributed by atoms with Gasteiger partial charge in [0.1, 0.15) is 0 Å². The molecule has 0 saturated heterocycles. The minimum Gasteiger partial charge on any atom is -0.289 e. The topological polar surface area (TPSA) is 17.1 Å². The highest BCUT2D eigenvalue weighted by molar-refractivity contribution is 5.98. The van der Waals surface area contributed by atoms with Crippen molar-refractivity contribution in [1.29, 1.82) is 0 Å².